The van der Waals surface area contributed by atoms with E-state index in [0.717, 1.165) is 31.2 Å². The van der Waals surface area contributed by atoms with Crippen molar-refractivity contribution in [3.8, 4) is 0 Å². The van der Waals surface area contributed by atoms with Gasteiger partial charge in [-0.1, -0.05) is 43.2 Å². The van der Waals surface area contributed by atoms with Gasteiger partial charge in [-0.15, -0.1) is 0 Å². The summed E-state index contributed by atoms with van der Waals surface area (Å²) in [5, 5.41) is 12.1. The average Bonchev–Trinajstić information content (AvgIpc) is 2.74. The Bertz CT molecular complexity index is 476. The number of carbonyl (C=O) groups excluding carboxylic acids is 1. The van der Waals surface area contributed by atoms with E-state index in [1.54, 1.807) is 0 Å². The molecule has 1 unspecified atom stereocenters. The molecule has 0 saturated carbocycles. The van der Waals surface area contributed by atoms with Crippen LogP contribution in [0, 0.1) is 0 Å². The van der Waals surface area contributed by atoms with Crippen molar-refractivity contribution in [3.63, 3.8) is 0 Å². The van der Waals surface area contributed by atoms with Crippen LogP contribution in [0.5, 0.6) is 0 Å². The normalized spacial score (nSPS) is 18.9. The molecule has 1 fully saturated rings. The summed E-state index contributed by atoms with van der Waals surface area (Å²) in [6.07, 6.45) is 4.01. The largest absolute Gasteiger partial charge is 0.480 e. The summed E-state index contributed by atoms with van der Waals surface area (Å²) >= 11 is 0. The molecular weight excluding hydrogens is 268 g/mol. The molecule has 2 amide bonds. The van der Waals surface area contributed by atoms with E-state index in [1.165, 1.54) is 4.90 Å². The highest BCUT2D eigenvalue weighted by atomic mass is 16.4. The minimum absolute atomic E-state index is 0.264. The molecule has 1 atom stereocenters. The number of carboxylic acids is 1. The second-order valence-corrected chi connectivity index (χ2v) is 5.36. The maximum atomic E-state index is 12.2. The van der Waals surface area contributed by atoms with Crippen LogP contribution in [-0.2, 0) is 11.2 Å². The summed E-state index contributed by atoms with van der Waals surface area (Å²) in [4.78, 5) is 25.0. The molecule has 2 N–H and O–H groups in total. The van der Waals surface area contributed by atoms with Gasteiger partial charge in [0.1, 0.15) is 6.04 Å². The number of nitrogens with one attached hydrogen (secondary N) is 1. The smallest absolute Gasteiger partial charge is 0.326 e. The van der Waals surface area contributed by atoms with Crippen LogP contribution in [0.4, 0.5) is 4.79 Å². The fourth-order valence-electron chi connectivity index (χ4n) is 2.67. The van der Waals surface area contributed by atoms with E-state index < -0.39 is 12.0 Å². The molecule has 2 rings (SSSR count). The molecule has 0 bridgehead atoms. The zero-order chi connectivity index (χ0) is 15.1. The molecule has 1 saturated heterocycles. The number of nitrogens with zero attached hydrogens (tertiary/aromatic N) is 1. The van der Waals surface area contributed by atoms with Crippen LogP contribution in [0.15, 0.2) is 30.3 Å². The fraction of sp³-hybridized carbons (Fsp3) is 0.500. The molecule has 0 aromatic heterocycles. The van der Waals surface area contributed by atoms with Gasteiger partial charge in [-0.05, 0) is 24.8 Å². The van der Waals surface area contributed by atoms with E-state index >= 15 is 0 Å². The van der Waals surface area contributed by atoms with E-state index in [9.17, 15) is 14.7 Å². The quantitative estimate of drug-likeness (QED) is 0.893. The van der Waals surface area contributed by atoms with Crippen molar-refractivity contribution in [1.29, 1.82) is 0 Å². The van der Waals surface area contributed by atoms with Gasteiger partial charge < -0.3 is 15.3 Å². The fourth-order valence-corrected chi connectivity index (χ4v) is 2.67. The number of likely N-dealkylation sites (tertiary alicyclic amines) is 1. The van der Waals surface area contributed by atoms with Crippen molar-refractivity contribution >= 4 is 12.0 Å². The number of carboxylic acid groups (broad SMARTS) is 1. The van der Waals surface area contributed by atoms with Gasteiger partial charge in [-0.2, -0.15) is 0 Å². The van der Waals surface area contributed by atoms with Crippen molar-refractivity contribution in [1.82, 2.24) is 10.2 Å². The molecule has 5 nitrogen and oxygen atoms in total. The second-order valence-electron chi connectivity index (χ2n) is 5.36. The summed E-state index contributed by atoms with van der Waals surface area (Å²) in [6, 6.07) is 8.95. The molecule has 1 aliphatic rings. The standard InChI is InChI=1S/C16H22N2O3/c19-15(20)14-9-5-2-6-12-18(14)16(21)17-11-10-13-7-3-1-4-8-13/h1,3-4,7-8,14H,2,5-6,9-12H2,(H,17,21)(H,19,20). The minimum atomic E-state index is -0.907. The molecule has 1 aromatic rings. The number of hydrogen-bond acceptors (Lipinski definition) is 2. The number of amides is 2. The Morgan fingerprint density at radius 2 is 1.95 bits per heavy atom. The number of urea groups is 1. The van der Waals surface area contributed by atoms with Crippen LogP contribution in [0.25, 0.3) is 0 Å². The van der Waals surface area contributed by atoms with Crippen molar-refractivity contribution in [3.05, 3.63) is 35.9 Å². The van der Waals surface area contributed by atoms with E-state index in [1.807, 2.05) is 30.3 Å². The Labute approximate surface area is 125 Å². The number of hydrogen-bond donors (Lipinski definition) is 2. The molecule has 0 spiro atoms. The third kappa shape index (κ3) is 4.48. The molecule has 0 radical (unpaired) electrons. The van der Waals surface area contributed by atoms with Crippen LogP contribution < -0.4 is 5.32 Å². The van der Waals surface area contributed by atoms with Crippen LogP contribution in [-0.4, -0.2) is 41.1 Å². The zero-order valence-corrected chi connectivity index (χ0v) is 12.1. The SMILES string of the molecule is O=C(O)C1CCCCCN1C(=O)NCCc1ccccc1. The lowest BCUT2D eigenvalue weighted by atomic mass is 10.1. The highest BCUT2D eigenvalue weighted by Crippen LogP contribution is 2.17. The van der Waals surface area contributed by atoms with Crippen LogP contribution in [0.1, 0.15) is 31.2 Å². The van der Waals surface area contributed by atoms with Gasteiger partial charge in [0.25, 0.3) is 0 Å². The predicted octanol–water partition coefficient (Wildman–Crippen LogP) is 2.27. The summed E-state index contributed by atoms with van der Waals surface area (Å²) in [5.41, 5.74) is 1.16. The zero-order valence-electron chi connectivity index (χ0n) is 12.1. The van der Waals surface area contributed by atoms with E-state index in [2.05, 4.69) is 5.32 Å². The first-order valence-corrected chi connectivity index (χ1v) is 7.49. The van der Waals surface area contributed by atoms with E-state index in [4.69, 9.17) is 0 Å². The number of benzene rings is 1. The minimum Gasteiger partial charge on any atom is -0.480 e. The molecule has 1 heterocycles. The second kappa shape index (κ2) is 7.67. The van der Waals surface area contributed by atoms with Gasteiger partial charge in [-0.25, -0.2) is 9.59 Å². The highest BCUT2D eigenvalue weighted by molar-refractivity contribution is 5.82. The Hall–Kier alpha value is -2.04. The number of rotatable bonds is 4. The third-order valence-corrected chi connectivity index (χ3v) is 3.83. The summed E-state index contributed by atoms with van der Waals surface area (Å²) in [6.45, 7) is 1.04. The lowest BCUT2D eigenvalue weighted by Gasteiger charge is -2.27. The number of carbonyl (C=O) groups is 2. The lowest BCUT2D eigenvalue weighted by Crippen LogP contribution is -2.49. The van der Waals surface area contributed by atoms with Crippen molar-refractivity contribution < 1.29 is 14.7 Å². The van der Waals surface area contributed by atoms with E-state index in [-0.39, 0.29) is 6.03 Å². The first-order chi connectivity index (χ1) is 10.2. The Balaban J connectivity index is 1.87. The number of aliphatic carboxylic acids is 1. The maximum absolute atomic E-state index is 12.2. The monoisotopic (exact) mass is 290 g/mol. The molecule has 114 valence electrons. The summed E-state index contributed by atoms with van der Waals surface area (Å²) < 4.78 is 0. The van der Waals surface area contributed by atoms with Crippen molar-refractivity contribution in [2.45, 2.75) is 38.1 Å². The van der Waals surface area contributed by atoms with Gasteiger partial charge in [0.15, 0.2) is 0 Å². The molecule has 21 heavy (non-hydrogen) atoms. The summed E-state index contributed by atoms with van der Waals surface area (Å²) in [7, 11) is 0. The molecule has 0 aliphatic carbocycles. The van der Waals surface area contributed by atoms with Gasteiger partial charge in [-0.3, -0.25) is 0 Å². The van der Waals surface area contributed by atoms with Gasteiger partial charge in [0.05, 0.1) is 0 Å². The van der Waals surface area contributed by atoms with Crippen molar-refractivity contribution in [2.75, 3.05) is 13.1 Å². The van der Waals surface area contributed by atoms with Crippen LogP contribution in [0.2, 0.25) is 0 Å². The first-order valence-electron chi connectivity index (χ1n) is 7.49. The van der Waals surface area contributed by atoms with Crippen LogP contribution >= 0.6 is 0 Å². The first kappa shape index (κ1) is 15.4. The Kier molecular flexibility index (Phi) is 5.60. The molecule has 5 heteroatoms. The van der Waals surface area contributed by atoms with Gasteiger partial charge in [0.2, 0.25) is 0 Å². The Morgan fingerprint density at radius 3 is 2.67 bits per heavy atom. The predicted molar refractivity (Wildman–Crippen MR) is 80.1 cm³/mol. The van der Waals surface area contributed by atoms with Crippen LogP contribution in [0.3, 0.4) is 0 Å². The topological polar surface area (TPSA) is 69.6 Å². The van der Waals surface area contributed by atoms with Gasteiger partial charge >= 0.3 is 12.0 Å². The maximum Gasteiger partial charge on any atom is 0.326 e. The summed E-state index contributed by atoms with van der Waals surface area (Å²) in [5.74, 6) is -0.907. The van der Waals surface area contributed by atoms with Gasteiger partial charge in [0, 0.05) is 13.1 Å². The highest BCUT2D eigenvalue weighted by Gasteiger charge is 2.30. The van der Waals surface area contributed by atoms with Crippen molar-refractivity contribution in [2.24, 2.45) is 0 Å². The Morgan fingerprint density at radius 1 is 1.19 bits per heavy atom. The lowest BCUT2D eigenvalue weighted by molar-refractivity contribution is -0.142. The molecule has 1 aliphatic heterocycles. The molecule has 1 aromatic carbocycles. The molecular formula is C16H22N2O3. The average molecular weight is 290 g/mol. The third-order valence-electron chi connectivity index (χ3n) is 3.83. The van der Waals surface area contributed by atoms with E-state index in [0.29, 0.717) is 19.5 Å².